The van der Waals surface area contributed by atoms with Crippen molar-refractivity contribution in [3.63, 3.8) is 0 Å². The molecule has 1 fully saturated rings. The summed E-state index contributed by atoms with van der Waals surface area (Å²) in [7, 11) is 0. The van der Waals surface area contributed by atoms with Gasteiger partial charge in [-0.25, -0.2) is 4.79 Å². The van der Waals surface area contributed by atoms with Gasteiger partial charge in [0.1, 0.15) is 0 Å². The molecule has 1 heterocycles. The SMILES string of the molecule is C#Cc1cccc(NC(=O)CNC(=O)N2CCN(c3cccc(Cl)c3)CC2)c1. The van der Waals surface area contributed by atoms with Gasteiger partial charge in [0.2, 0.25) is 5.91 Å². The first-order valence-corrected chi connectivity index (χ1v) is 9.33. The van der Waals surface area contributed by atoms with Gasteiger partial charge >= 0.3 is 6.03 Å². The van der Waals surface area contributed by atoms with Crippen LogP contribution in [0.5, 0.6) is 0 Å². The summed E-state index contributed by atoms with van der Waals surface area (Å²) in [6.07, 6.45) is 5.35. The van der Waals surface area contributed by atoms with E-state index < -0.39 is 0 Å². The molecule has 1 aliphatic rings. The zero-order chi connectivity index (χ0) is 19.9. The smallest absolute Gasteiger partial charge is 0.317 e. The molecular weight excluding hydrogens is 376 g/mol. The van der Waals surface area contributed by atoms with Gasteiger partial charge in [0.15, 0.2) is 0 Å². The van der Waals surface area contributed by atoms with E-state index in [0.29, 0.717) is 42.5 Å². The van der Waals surface area contributed by atoms with Crippen LogP contribution in [0.3, 0.4) is 0 Å². The van der Waals surface area contributed by atoms with Gasteiger partial charge < -0.3 is 20.4 Å². The Kier molecular flexibility index (Phi) is 6.41. The van der Waals surface area contributed by atoms with E-state index >= 15 is 0 Å². The van der Waals surface area contributed by atoms with Crippen molar-refractivity contribution >= 4 is 34.9 Å². The van der Waals surface area contributed by atoms with Gasteiger partial charge in [0.05, 0.1) is 6.54 Å². The second kappa shape index (κ2) is 9.16. The quantitative estimate of drug-likeness (QED) is 0.781. The third-order valence-electron chi connectivity index (χ3n) is 4.45. The van der Waals surface area contributed by atoms with E-state index in [-0.39, 0.29) is 18.5 Å². The molecule has 6 nitrogen and oxygen atoms in total. The molecule has 7 heteroatoms. The van der Waals surface area contributed by atoms with E-state index in [4.69, 9.17) is 18.0 Å². The lowest BCUT2D eigenvalue weighted by molar-refractivity contribution is -0.115. The number of nitrogens with one attached hydrogen (secondary N) is 2. The molecule has 1 aliphatic heterocycles. The first-order chi connectivity index (χ1) is 13.5. The molecular formula is C21H21ClN4O2. The van der Waals surface area contributed by atoms with Crippen molar-refractivity contribution in [1.29, 1.82) is 0 Å². The minimum Gasteiger partial charge on any atom is -0.368 e. The molecule has 0 spiro atoms. The minimum absolute atomic E-state index is 0.104. The van der Waals surface area contributed by atoms with Crippen LogP contribution in [0.25, 0.3) is 0 Å². The lowest BCUT2D eigenvalue weighted by Gasteiger charge is -2.36. The third-order valence-corrected chi connectivity index (χ3v) is 4.69. The average molecular weight is 397 g/mol. The maximum atomic E-state index is 12.3. The number of hydrogen-bond donors (Lipinski definition) is 2. The molecule has 2 aromatic carbocycles. The lowest BCUT2D eigenvalue weighted by atomic mass is 10.2. The van der Waals surface area contributed by atoms with Crippen LogP contribution >= 0.6 is 11.6 Å². The molecule has 0 atom stereocenters. The molecule has 2 N–H and O–H groups in total. The molecule has 0 unspecified atom stereocenters. The predicted molar refractivity (Wildman–Crippen MR) is 112 cm³/mol. The average Bonchev–Trinajstić information content (AvgIpc) is 2.72. The number of carbonyl (C=O) groups is 2. The summed E-state index contributed by atoms with van der Waals surface area (Å²) in [4.78, 5) is 28.3. The summed E-state index contributed by atoms with van der Waals surface area (Å²) < 4.78 is 0. The van der Waals surface area contributed by atoms with Crippen molar-refractivity contribution in [2.24, 2.45) is 0 Å². The van der Waals surface area contributed by atoms with Crippen molar-refractivity contribution in [3.8, 4) is 12.3 Å². The van der Waals surface area contributed by atoms with E-state index in [0.717, 1.165) is 5.69 Å². The van der Waals surface area contributed by atoms with Gasteiger partial charge in [-0.05, 0) is 36.4 Å². The molecule has 0 radical (unpaired) electrons. The second-order valence-corrected chi connectivity index (χ2v) is 6.82. The molecule has 0 saturated carbocycles. The van der Waals surface area contributed by atoms with Crippen LogP contribution < -0.4 is 15.5 Å². The van der Waals surface area contributed by atoms with Gasteiger partial charge in [-0.1, -0.05) is 29.7 Å². The maximum absolute atomic E-state index is 12.3. The predicted octanol–water partition coefficient (Wildman–Crippen LogP) is 2.79. The number of urea groups is 1. The summed E-state index contributed by atoms with van der Waals surface area (Å²) in [5.41, 5.74) is 2.32. The highest BCUT2D eigenvalue weighted by Crippen LogP contribution is 2.20. The number of hydrogen-bond acceptors (Lipinski definition) is 3. The number of benzene rings is 2. The first-order valence-electron chi connectivity index (χ1n) is 8.95. The number of anilines is 2. The van der Waals surface area contributed by atoms with Crippen LogP contribution in [-0.4, -0.2) is 49.6 Å². The van der Waals surface area contributed by atoms with Gasteiger partial charge in [-0.2, -0.15) is 0 Å². The number of terminal acetylenes is 1. The van der Waals surface area contributed by atoms with Gasteiger partial charge in [0, 0.05) is 48.1 Å². The van der Waals surface area contributed by atoms with E-state index in [2.05, 4.69) is 21.5 Å². The normalized spacial score (nSPS) is 13.6. The van der Waals surface area contributed by atoms with Crippen molar-refractivity contribution in [1.82, 2.24) is 10.2 Å². The number of halogens is 1. The molecule has 0 aliphatic carbocycles. The van der Waals surface area contributed by atoms with Crippen molar-refractivity contribution in [2.75, 3.05) is 42.9 Å². The molecule has 0 bridgehead atoms. The first kappa shape index (κ1) is 19.6. The molecule has 144 valence electrons. The fourth-order valence-corrected chi connectivity index (χ4v) is 3.18. The fraction of sp³-hybridized carbons (Fsp3) is 0.238. The number of carbonyl (C=O) groups excluding carboxylic acids is 2. The summed E-state index contributed by atoms with van der Waals surface area (Å²) in [6.45, 7) is 2.46. The van der Waals surface area contributed by atoms with Crippen LogP contribution in [0.4, 0.5) is 16.2 Å². The lowest BCUT2D eigenvalue weighted by Crippen LogP contribution is -2.52. The summed E-state index contributed by atoms with van der Waals surface area (Å²) in [5.74, 6) is 2.21. The van der Waals surface area contributed by atoms with Gasteiger partial charge in [-0.3, -0.25) is 4.79 Å². The largest absolute Gasteiger partial charge is 0.368 e. The van der Waals surface area contributed by atoms with E-state index in [9.17, 15) is 9.59 Å². The Balaban J connectivity index is 1.44. The Morgan fingerprint density at radius 3 is 2.54 bits per heavy atom. The number of nitrogens with zero attached hydrogens (tertiary/aromatic N) is 2. The van der Waals surface area contributed by atoms with Crippen LogP contribution in [0.1, 0.15) is 5.56 Å². The van der Waals surface area contributed by atoms with Gasteiger partial charge in [0.25, 0.3) is 0 Å². The molecule has 3 amide bonds. The molecule has 3 rings (SSSR count). The van der Waals surface area contributed by atoms with Crippen LogP contribution in [0, 0.1) is 12.3 Å². The van der Waals surface area contributed by atoms with Crippen molar-refractivity contribution in [2.45, 2.75) is 0 Å². The zero-order valence-electron chi connectivity index (χ0n) is 15.3. The Labute approximate surface area is 169 Å². The summed E-state index contributed by atoms with van der Waals surface area (Å²) in [6, 6.07) is 14.4. The van der Waals surface area contributed by atoms with Crippen molar-refractivity contribution in [3.05, 3.63) is 59.1 Å². The summed E-state index contributed by atoms with van der Waals surface area (Å²) >= 11 is 6.04. The Hall–Kier alpha value is -3.17. The number of amides is 3. The molecule has 28 heavy (non-hydrogen) atoms. The summed E-state index contributed by atoms with van der Waals surface area (Å²) in [5, 5.41) is 6.07. The highest BCUT2D eigenvalue weighted by Gasteiger charge is 2.21. The van der Waals surface area contributed by atoms with E-state index in [1.807, 2.05) is 24.3 Å². The second-order valence-electron chi connectivity index (χ2n) is 6.39. The van der Waals surface area contributed by atoms with E-state index in [1.165, 1.54) is 0 Å². The van der Waals surface area contributed by atoms with E-state index in [1.54, 1.807) is 29.2 Å². The van der Waals surface area contributed by atoms with Gasteiger partial charge in [-0.15, -0.1) is 6.42 Å². The monoisotopic (exact) mass is 396 g/mol. The molecule has 1 saturated heterocycles. The topological polar surface area (TPSA) is 64.7 Å². The number of rotatable bonds is 4. The van der Waals surface area contributed by atoms with Crippen LogP contribution in [0.15, 0.2) is 48.5 Å². The Bertz CT molecular complexity index is 901. The molecule has 0 aromatic heterocycles. The molecule has 2 aromatic rings. The minimum atomic E-state index is -0.305. The maximum Gasteiger partial charge on any atom is 0.317 e. The Morgan fingerprint density at radius 2 is 1.82 bits per heavy atom. The fourth-order valence-electron chi connectivity index (χ4n) is 3.00. The highest BCUT2D eigenvalue weighted by atomic mass is 35.5. The van der Waals surface area contributed by atoms with Crippen LogP contribution in [0.2, 0.25) is 5.02 Å². The van der Waals surface area contributed by atoms with Crippen molar-refractivity contribution < 1.29 is 9.59 Å². The Morgan fingerprint density at radius 1 is 1.07 bits per heavy atom. The zero-order valence-corrected chi connectivity index (χ0v) is 16.1. The highest BCUT2D eigenvalue weighted by molar-refractivity contribution is 6.30. The standard InChI is InChI=1S/C21H21ClN4O2/c1-2-16-5-3-7-18(13-16)24-20(27)15-23-21(28)26-11-9-25(10-12-26)19-8-4-6-17(22)14-19/h1,3-8,13-14H,9-12,15H2,(H,23,28)(H,24,27). The van der Waals surface area contributed by atoms with Crippen LogP contribution in [-0.2, 0) is 4.79 Å². The number of piperazine rings is 1. The third kappa shape index (κ3) is 5.18.